The third-order valence-electron chi connectivity index (χ3n) is 5.80. The molecule has 158 valence electrons. The van der Waals surface area contributed by atoms with Gasteiger partial charge >= 0.3 is 6.36 Å². The zero-order valence-corrected chi connectivity index (χ0v) is 17.2. The molecule has 0 amide bonds. The van der Waals surface area contributed by atoms with Gasteiger partial charge in [0.25, 0.3) is 0 Å². The molecule has 1 atom stereocenters. The van der Waals surface area contributed by atoms with Gasteiger partial charge in [-0.05, 0) is 73.4 Å². The van der Waals surface area contributed by atoms with E-state index >= 15 is 0 Å². The summed E-state index contributed by atoms with van der Waals surface area (Å²) in [6, 6.07) is 14.7. The third kappa shape index (κ3) is 6.16. The van der Waals surface area contributed by atoms with E-state index in [4.69, 9.17) is 0 Å². The van der Waals surface area contributed by atoms with E-state index < -0.39 is 6.36 Å². The number of hydrogen-bond donors (Lipinski definition) is 0. The zero-order valence-electron chi connectivity index (χ0n) is 17.2. The Labute approximate surface area is 177 Å². The molecule has 2 aromatic carbocycles. The Morgan fingerprint density at radius 3 is 2.20 bits per heavy atom. The van der Waals surface area contributed by atoms with E-state index in [2.05, 4.69) is 54.3 Å². The minimum Gasteiger partial charge on any atom is -0.406 e. The Hall–Kier alpha value is -2.67. The van der Waals surface area contributed by atoms with Crippen molar-refractivity contribution in [2.75, 3.05) is 0 Å². The first kappa shape index (κ1) is 22.0. The minimum absolute atomic E-state index is 0.171. The molecule has 0 aromatic heterocycles. The van der Waals surface area contributed by atoms with E-state index in [0.717, 1.165) is 43.2 Å². The van der Waals surface area contributed by atoms with Gasteiger partial charge in [0.2, 0.25) is 0 Å². The summed E-state index contributed by atoms with van der Waals surface area (Å²) in [6.07, 6.45) is 2.37. The molecule has 0 radical (unpaired) electrons. The second-order valence-corrected chi connectivity index (χ2v) is 7.81. The lowest BCUT2D eigenvalue weighted by atomic mass is 9.79. The second-order valence-electron chi connectivity index (χ2n) is 7.81. The van der Waals surface area contributed by atoms with E-state index in [0.29, 0.717) is 17.8 Å². The molecule has 0 heterocycles. The van der Waals surface area contributed by atoms with Crippen LogP contribution in [0.4, 0.5) is 13.2 Å². The molecule has 0 bridgehead atoms. The first-order valence-electron chi connectivity index (χ1n) is 10.5. The molecule has 1 nitrogen and oxygen atoms in total. The molecule has 3 rings (SSSR count). The standard InChI is InChI=1S/C26H27F3O/c1-3-21(4-2)22-11-7-19(8-12-22)5-6-20-9-13-23(14-10-20)24-15-17-25(18-16-24)30-26(27,28)29/h3,7-8,11-12,15-18,20-21,23H,1,4,9-10,13-14H2,2H3/t20-,21?,23-. The van der Waals surface area contributed by atoms with Gasteiger partial charge in [0.1, 0.15) is 5.75 Å². The summed E-state index contributed by atoms with van der Waals surface area (Å²) >= 11 is 0. The maximum absolute atomic E-state index is 12.3. The number of allylic oxidation sites excluding steroid dienone is 1. The van der Waals surface area contributed by atoms with Crippen LogP contribution in [0.3, 0.4) is 0 Å². The van der Waals surface area contributed by atoms with Gasteiger partial charge < -0.3 is 4.74 Å². The lowest BCUT2D eigenvalue weighted by Gasteiger charge is -2.26. The van der Waals surface area contributed by atoms with Gasteiger partial charge in [-0.3, -0.25) is 0 Å². The highest BCUT2D eigenvalue weighted by molar-refractivity contribution is 5.38. The van der Waals surface area contributed by atoms with Crippen LogP contribution in [0.15, 0.2) is 61.2 Å². The molecule has 1 aliphatic carbocycles. The maximum Gasteiger partial charge on any atom is 0.573 e. The summed E-state index contributed by atoms with van der Waals surface area (Å²) in [6.45, 7) is 6.05. The second kappa shape index (κ2) is 9.89. The van der Waals surface area contributed by atoms with Crippen LogP contribution in [0.5, 0.6) is 5.75 Å². The largest absolute Gasteiger partial charge is 0.573 e. The van der Waals surface area contributed by atoms with Crippen LogP contribution in [0.1, 0.15) is 67.6 Å². The van der Waals surface area contributed by atoms with Crippen molar-refractivity contribution in [3.8, 4) is 17.6 Å². The Balaban J connectivity index is 1.53. The van der Waals surface area contributed by atoms with Crippen LogP contribution in [0.2, 0.25) is 0 Å². The monoisotopic (exact) mass is 412 g/mol. The minimum atomic E-state index is -4.65. The van der Waals surface area contributed by atoms with Crippen molar-refractivity contribution >= 4 is 0 Å². The van der Waals surface area contributed by atoms with Crippen LogP contribution >= 0.6 is 0 Å². The molecule has 0 spiro atoms. The molecule has 0 aliphatic heterocycles. The molecule has 0 N–H and O–H groups in total. The van der Waals surface area contributed by atoms with Crippen LogP contribution in [0.25, 0.3) is 0 Å². The van der Waals surface area contributed by atoms with Gasteiger partial charge in [0.15, 0.2) is 0 Å². The average molecular weight is 412 g/mol. The number of ether oxygens (including phenoxy) is 1. The molecule has 1 aliphatic rings. The third-order valence-corrected chi connectivity index (χ3v) is 5.80. The fourth-order valence-electron chi connectivity index (χ4n) is 4.05. The van der Waals surface area contributed by atoms with Crippen molar-refractivity contribution in [1.82, 2.24) is 0 Å². The Bertz CT molecular complexity index is 877. The quantitative estimate of drug-likeness (QED) is 0.363. The molecule has 1 unspecified atom stereocenters. The molecule has 2 aromatic rings. The molecule has 4 heteroatoms. The van der Waals surface area contributed by atoms with Gasteiger partial charge in [-0.1, -0.05) is 49.1 Å². The first-order valence-corrected chi connectivity index (χ1v) is 10.5. The van der Waals surface area contributed by atoms with Gasteiger partial charge in [-0.15, -0.1) is 19.8 Å². The van der Waals surface area contributed by atoms with Crippen LogP contribution in [-0.4, -0.2) is 6.36 Å². The molecule has 0 saturated heterocycles. The highest BCUT2D eigenvalue weighted by Crippen LogP contribution is 2.36. The Kier molecular flexibility index (Phi) is 7.26. The van der Waals surface area contributed by atoms with Crippen molar-refractivity contribution < 1.29 is 17.9 Å². The lowest BCUT2D eigenvalue weighted by molar-refractivity contribution is -0.274. The predicted molar refractivity (Wildman–Crippen MR) is 114 cm³/mol. The fourth-order valence-corrected chi connectivity index (χ4v) is 4.05. The van der Waals surface area contributed by atoms with Crippen molar-refractivity contribution in [1.29, 1.82) is 0 Å². The van der Waals surface area contributed by atoms with E-state index in [1.54, 1.807) is 12.1 Å². The maximum atomic E-state index is 12.3. The van der Waals surface area contributed by atoms with Crippen molar-refractivity contribution in [2.45, 2.75) is 57.2 Å². The van der Waals surface area contributed by atoms with Gasteiger partial charge in [0, 0.05) is 17.4 Å². The van der Waals surface area contributed by atoms with Crippen molar-refractivity contribution in [2.24, 2.45) is 5.92 Å². The zero-order chi connectivity index (χ0) is 21.6. The normalized spacial score (nSPS) is 20.0. The van der Waals surface area contributed by atoms with Crippen LogP contribution in [0, 0.1) is 17.8 Å². The molecular weight excluding hydrogens is 385 g/mol. The summed E-state index contributed by atoms with van der Waals surface area (Å²) in [5, 5.41) is 0. The summed E-state index contributed by atoms with van der Waals surface area (Å²) in [5.74, 6) is 7.66. The van der Waals surface area contributed by atoms with E-state index in [1.165, 1.54) is 17.7 Å². The molecular formula is C26H27F3O. The number of benzene rings is 2. The summed E-state index contributed by atoms with van der Waals surface area (Å²) in [4.78, 5) is 0. The van der Waals surface area contributed by atoms with E-state index in [9.17, 15) is 13.2 Å². The summed E-state index contributed by atoms with van der Waals surface area (Å²) in [5.41, 5.74) is 3.37. The van der Waals surface area contributed by atoms with Gasteiger partial charge in [-0.25, -0.2) is 0 Å². The fraction of sp³-hybridized carbons (Fsp3) is 0.385. The molecule has 30 heavy (non-hydrogen) atoms. The lowest BCUT2D eigenvalue weighted by Crippen LogP contribution is -2.17. The summed E-state index contributed by atoms with van der Waals surface area (Å²) in [7, 11) is 0. The van der Waals surface area contributed by atoms with Crippen molar-refractivity contribution in [3.05, 3.63) is 77.9 Å². The number of hydrogen-bond acceptors (Lipinski definition) is 1. The highest BCUT2D eigenvalue weighted by atomic mass is 19.4. The van der Waals surface area contributed by atoms with Crippen LogP contribution in [-0.2, 0) is 0 Å². The van der Waals surface area contributed by atoms with E-state index in [1.807, 2.05) is 6.08 Å². The van der Waals surface area contributed by atoms with Crippen molar-refractivity contribution in [3.63, 3.8) is 0 Å². The Morgan fingerprint density at radius 2 is 1.67 bits per heavy atom. The van der Waals surface area contributed by atoms with Gasteiger partial charge in [0.05, 0.1) is 0 Å². The smallest absolute Gasteiger partial charge is 0.406 e. The first-order chi connectivity index (χ1) is 14.4. The predicted octanol–water partition coefficient (Wildman–Crippen LogP) is 7.59. The Morgan fingerprint density at radius 1 is 1.03 bits per heavy atom. The molecule has 1 saturated carbocycles. The number of rotatable bonds is 5. The number of halogens is 3. The SMILES string of the molecule is C=CC(CC)c1ccc(C#C[C@H]2CC[C@H](c3ccc(OC(F)(F)F)cc3)CC2)cc1. The van der Waals surface area contributed by atoms with Gasteiger partial charge in [-0.2, -0.15) is 0 Å². The highest BCUT2D eigenvalue weighted by Gasteiger charge is 2.31. The average Bonchev–Trinajstić information content (AvgIpc) is 2.74. The summed E-state index contributed by atoms with van der Waals surface area (Å²) < 4.78 is 40.8. The molecule has 1 fully saturated rings. The van der Waals surface area contributed by atoms with E-state index in [-0.39, 0.29) is 5.75 Å². The topological polar surface area (TPSA) is 9.23 Å². The number of alkyl halides is 3. The van der Waals surface area contributed by atoms with Crippen LogP contribution < -0.4 is 4.74 Å².